The molecule has 3 nitrogen and oxygen atoms in total. The molecule has 4 aromatic carbocycles. The van der Waals surface area contributed by atoms with Gasteiger partial charge in [0.2, 0.25) is 0 Å². The highest BCUT2D eigenvalue weighted by atomic mass is 16.7. The molecule has 1 N–H and O–H groups in total. The fourth-order valence-corrected chi connectivity index (χ4v) is 5.53. The molecule has 0 atom stereocenters. The van der Waals surface area contributed by atoms with E-state index >= 15 is 0 Å². The Bertz CT molecular complexity index is 1430. The molecule has 0 radical (unpaired) electrons. The van der Waals surface area contributed by atoms with E-state index in [0.29, 0.717) is 17.6 Å². The van der Waals surface area contributed by atoms with Crippen LogP contribution in [0.2, 0.25) is 0 Å². The quantitative estimate of drug-likeness (QED) is 0.154. The number of benzene rings is 4. The Morgan fingerprint density at radius 1 is 0.700 bits per heavy atom. The van der Waals surface area contributed by atoms with Crippen LogP contribution in [0, 0.1) is 11.8 Å². The van der Waals surface area contributed by atoms with Gasteiger partial charge in [-0.05, 0) is 99.7 Å². The van der Waals surface area contributed by atoms with E-state index in [9.17, 15) is 9.90 Å². The van der Waals surface area contributed by atoms with Crippen molar-refractivity contribution in [1.82, 2.24) is 0 Å². The van der Waals surface area contributed by atoms with Crippen LogP contribution < -0.4 is 4.74 Å². The maximum absolute atomic E-state index is 11.3. The molecule has 0 spiro atoms. The molecule has 0 unspecified atom stereocenters. The SMILES string of the molecule is CCCc1ccc(-c2ccc(-c3ccc(OC(=O)O)c(CC(C)C)c3)c(Cc3ccccc3)c2)c(CC(C)C)c1. The molecule has 0 bridgehead atoms. The van der Waals surface area contributed by atoms with E-state index in [1.165, 1.54) is 33.4 Å². The molecular formula is C37H42O3. The summed E-state index contributed by atoms with van der Waals surface area (Å²) in [7, 11) is 0. The summed E-state index contributed by atoms with van der Waals surface area (Å²) in [6, 6.07) is 30.3. The first kappa shape index (κ1) is 29.1. The lowest BCUT2D eigenvalue weighted by Crippen LogP contribution is -2.07. The number of hydrogen-bond acceptors (Lipinski definition) is 2. The molecule has 40 heavy (non-hydrogen) atoms. The first-order valence-electron chi connectivity index (χ1n) is 14.6. The van der Waals surface area contributed by atoms with Crippen molar-refractivity contribution in [3.05, 3.63) is 113 Å². The zero-order valence-electron chi connectivity index (χ0n) is 24.5. The third-order valence-corrected chi connectivity index (χ3v) is 7.19. The normalized spacial score (nSPS) is 11.3. The van der Waals surface area contributed by atoms with E-state index in [1.807, 2.05) is 6.07 Å². The lowest BCUT2D eigenvalue weighted by Gasteiger charge is -2.18. The predicted octanol–water partition coefficient (Wildman–Crippen LogP) is 10.0. The lowest BCUT2D eigenvalue weighted by atomic mass is 9.87. The summed E-state index contributed by atoms with van der Waals surface area (Å²) in [6.07, 6.45) is 3.56. The largest absolute Gasteiger partial charge is 0.511 e. The van der Waals surface area contributed by atoms with E-state index in [2.05, 4.69) is 107 Å². The highest BCUT2D eigenvalue weighted by Crippen LogP contribution is 2.36. The Morgan fingerprint density at radius 3 is 1.95 bits per heavy atom. The van der Waals surface area contributed by atoms with Gasteiger partial charge in [-0.3, -0.25) is 0 Å². The molecule has 0 aliphatic rings. The van der Waals surface area contributed by atoms with Crippen molar-refractivity contribution in [2.75, 3.05) is 0 Å². The number of rotatable bonds is 11. The minimum atomic E-state index is -1.28. The Morgan fingerprint density at radius 2 is 1.30 bits per heavy atom. The van der Waals surface area contributed by atoms with Crippen LogP contribution in [0.25, 0.3) is 22.3 Å². The van der Waals surface area contributed by atoms with Crippen LogP contribution in [0.3, 0.4) is 0 Å². The molecule has 0 aliphatic carbocycles. The molecule has 4 aromatic rings. The van der Waals surface area contributed by atoms with Crippen LogP contribution in [0.4, 0.5) is 4.79 Å². The van der Waals surface area contributed by atoms with Crippen LogP contribution >= 0.6 is 0 Å². The zero-order valence-corrected chi connectivity index (χ0v) is 24.5. The molecule has 4 rings (SSSR count). The average molecular weight is 535 g/mol. The standard InChI is InChI=1S/C37H42O3/c1-6-10-27-13-16-34(31(21-27)19-25(2)3)29-14-17-35(32(23-29)22-28-11-8-7-9-12-28)30-15-18-36(40-37(38)39)33(24-30)20-26(4)5/h7-9,11-18,21,23-26H,6,10,19-20,22H2,1-5H3,(H,38,39). The van der Waals surface area contributed by atoms with Gasteiger partial charge in [0, 0.05) is 0 Å². The summed E-state index contributed by atoms with van der Waals surface area (Å²) in [5.41, 5.74) is 11.0. The van der Waals surface area contributed by atoms with Crippen molar-refractivity contribution in [1.29, 1.82) is 0 Å². The van der Waals surface area contributed by atoms with Crippen LogP contribution in [-0.2, 0) is 25.7 Å². The van der Waals surface area contributed by atoms with Gasteiger partial charge < -0.3 is 9.84 Å². The zero-order chi connectivity index (χ0) is 28.6. The number of carbonyl (C=O) groups is 1. The molecule has 208 valence electrons. The molecule has 0 fully saturated rings. The average Bonchev–Trinajstić information content (AvgIpc) is 2.90. The molecule has 0 heterocycles. The molecular weight excluding hydrogens is 492 g/mol. The minimum absolute atomic E-state index is 0.368. The van der Waals surface area contributed by atoms with Gasteiger partial charge in [0.1, 0.15) is 5.75 Å². The Hall–Kier alpha value is -3.85. The summed E-state index contributed by atoms with van der Waals surface area (Å²) in [5, 5.41) is 9.26. The van der Waals surface area contributed by atoms with E-state index < -0.39 is 6.16 Å². The highest BCUT2D eigenvalue weighted by molar-refractivity contribution is 5.77. The topological polar surface area (TPSA) is 46.5 Å². The Kier molecular flexibility index (Phi) is 9.82. The van der Waals surface area contributed by atoms with Gasteiger partial charge in [-0.2, -0.15) is 0 Å². The van der Waals surface area contributed by atoms with Crippen LogP contribution in [0.5, 0.6) is 5.75 Å². The first-order valence-corrected chi connectivity index (χ1v) is 14.6. The fourth-order valence-electron chi connectivity index (χ4n) is 5.53. The van der Waals surface area contributed by atoms with Crippen molar-refractivity contribution in [2.24, 2.45) is 11.8 Å². The van der Waals surface area contributed by atoms with E-state index in [0.717, 1.165) is 48.8 Å². The number of ether oxygens (including phenoxy) is 1. The second-order valence-corrected chi connectivity index (χ2v) is 11.7. The van der Waals surface area contributed by atoms with Gasteiger partial charge in [-0.15, -0.1) is 0 Å². The predicted molar refractivity (Wildman–Crippen MR) is 166 cm³/mol. The van der Waals surface area contributed by atoms with E-state index in [1.54, 1.807) is 6.07 Å². The first-order chi connectivity index (χ1) is 19.2. The van der Waals surface area contributed by atoms with Crippen LogP contribution in [-0.4, -0.2) is 11.3 Å². The van der Waals surface area contributed by atoms with Gasteiger partial charge >= 0.3 is 6.16 Å². The smallest absolute Gasteiger partial charge is 0.449 e. The Labute approximate surface area is 239 Å². The molecule has 0 saturated carbocycles. The van der Waals surface area contributed by atoms with Crippen molar-refractivity contribution in [3.63, 3.8) is 0 Å². The number of hydrogen-bond donors (Lipinski definition) is 1. The van der Waals surface area contributed by atoms with Gasteiger partial charge in [0.15, 0.2) is 0 Å². The monoisotopic (exact) mass is 534 g/mol. The van der Waals surface area contributed by atoms with Crippen LogP contribution in [0.15, 0.2) is 84.9 Å². The van der Waals surface area contributed by atoms with Gasteiger partial charge in [-0.25, -0.2) is 4.79 Å². The van der Waals surface area contributed by atoms with Crippen LogP contribution in [0.1, 0.15) is 68.9 Å². The highest BCUT2D eigenvalue weighted by Gasteiger charge is 2.16. The van der Waals surface area contributed by atoms with Gasteiger partial charge in [0.05, 0.1) is 0 Å². The summed E-state index contributed by atoms with van der Waals surface area (Å²) in [4.78, 5) is 11.3. The number of carboxylic acid groups (broad SMARTS) is 1. The lowest BCUT2D eigenvalue weighted by molar-refractivity contribution is 0.144. The third kappa shape index (κ3) is 7.63. The van der Waals surface area contributed by atoms with Crippen molar-refractivity contribution >= 4 is 6.16 Å². The van der Waals surface area contributed by atoms with Crippen molar-refractivity contribution in [2.45, 2.75) is 66.7 Å². The second kappa shape index (κ2) is 13.5. The summed E-state index contributed by atoms with van der Waals surface area (Å²) >= 11 is 0. The Balaban J connectivity index is 1.84. The summed E-state index contributed by atoms with van der Waals surface area (Å²) < 4.78 is 5.13. The molecule has 0 saturated heterocycles. The maximum Gasteiger partial charge on any atom is 0.511 e. The van der Waals surface area contributed by atoms with Crippen molar-refractivity contribution in [3.8, 4) is 28.0 Å². The maximum atomic E-state index is 11.3. The van der Waals surface area contributed by atoms with E-state index in [-0.39, 0.29) is 0 Å². The van der Waals surface area contributed by atoms with Crippen molar-refractivity contribution < 1.29 is 14.6 Å². The minimum Gasteiger partial charge on any atom is -0.449 e. The molecule has 0 aliphatic heterocycles. The fraction of sp³-hybridized carbons (Fsp3) is 0.324. The van der Waals surface area contributed by atoms with E-state index in [4.69, 9.17) is 4.74 Å². The third-order valence-electron chi connectivity index (χ3n) is 7.19. The van der Waals surface area contributed by atoms with Gasteiger partial charge in [0.25, 0.3) is 0 Å². The molecule has 0 amide bonds. The number of aryl methyl sites for hydroxylation is 1. The van der Waals surface area contributed by atoms with Gasteiger partial charge in [-0.1, -0.05) is 114 Å². The summed E-state index contributed by atoms with van der Waals surface area (Å²) in [6.45, 7) is 11.1. The molecule has 3 heteroatoms. The second-order valence-electron chi connectivity index (χ2n) is 11.7. The molecule has 0 aromatic heterocycles. The summed E-state index contributed by atoms with van der Waals surface area (Å²) in [5.74, 6) is 1.36.